The van der Waals surface area contributed by atoms with Gasteiger partial charge >= 0.3 is 23.7 Å². The molecule has 0 heterocycles. The van der Waals surface area contributed by atoms with E-state index in [0.29, 0.717) is 0 Å². The maximum atomic E-state index is 8.25. The zero-order valence-corrected chi connectivity index (χ0v) is 6.09. The number of unbranched alkanes of at least 4 members (excludes halogenated alkanes) is 1. The van der Waals surface area contributed by atoms with Crippen LogP contribution in [0.5, 0.6) is 0 Å². The average molecular weight is 139 g/mol. The molecule has 7 heavy (non-hydrogen) atoms. The van der Waals surface area contributed by atoms with Crippen molar-refractivity contribution in [3.8, 4) is 0 Å². The van der Waals surface area contributed by atoms with Crippen molar-refractivity contribution >= 4 is 0 Å². The Bertz CT molecular complexity index is 17.2. The van der Waals surface area contributed by atoms with Crippen molar-refractivity contribution in [3.05, 3.63) is 6.92 Å². The van der Waals surface area contributed by atoms with Crippen LogP contribution in [-0.2, 0) is 23.7 Å². The molecule has 0 atom stereocenters. The van der Waals surface area contributed by atoms with Gasteiger partial charge in [-0.15, -0.1) is 0 Å². The second kappa shape index (κ2) is 31.7. The van der Waals surface area contributed by atoms with Crippen molar-refractivity contribution < 1.29 is 29.2 Å². The van der Waals surface area contributed by atoms with Crippen LogP contribution in [0, 0.1) is 6.92 Å². The van der Waals surface area contributed by atoms with Crippen molar-refractivity contribution in [1.29, 1.82) is 0 Å². The molecule has 0 aliphatic rings. The molecule has 2 nitrogen and oxygen atoms in total. The second-order valence-corrected chi connectivity index (χ2v) is 0.854. The minimum atomic E-state index is 0. The number of hydrogen-bond acceptors (Lipinski definition) is 1. The molecule has 0 aromatic rings. The van der Waals surface area contributed by atoms with Crippen molar-refractivity contribution in [2.45, 2.75) is 19.8 Å². The maximum absolute atomic E-state index is 8.25. The Kier molecular flexibility index (Phi) is 70.9. The normalized spacial score (nSPS) is 5.14. The first kappa shape index (κ1) is 15.6. The first-order chi connectivity index (χ1) is 2.91. The fourth-order valence-corrected chi connectivity index (χ4v) is 0. The van der Waals surface area contributed by atoms with Crippen LogP contribution in [-0.4, -0.2) is 5.48 Å². The zero-order valence-electron chi connectivity index (χ0n) is 4.53. The van der Waals surface area contributed by atoms with Gasteiger partial charge in [0, 0.05) is 0 Å². The summed E-state index contributed by atoms with van der Waals surface area (Å²) >= 11 is 0.750. The van der Waals surface area contributed by atoms with E-state index in [-0.39, 0.29) is 5.48 Å². The van der Waals surface area contributed by atoms with Crippen LogP contribution in [0.3, 0.4) is 0 Å². The first-order valence-electron chi connectivity index (χ1n) is 1.91. The summed E-state index contributed by atoms with van der Waals surface area (Å²) in [5, 5.41) is 0. The van der Waals surface area contributed by atoms with Gasteiger partial charge < -0.3 is 12.4 Å². The standard InChI is InChI=1S/C4H9.H2O.O.Ti/c1-3-4-2;;;/h1,3-4H2,2H3;1H2;;/q-1;;;+1. The summed E-state index contributed by atoms with van der Waals surface area (Å²) in [5.74, 6) is 0. The summed E-state index contributed by atoms with van der Waals surface area (Å²) < 4.78 is 8.25. The SMILES string of the molecule is O.[CH2-]CCC.[O]=[Ti+]. The van der Waals surface area contributed by atoms with E-state index in [2.05, 4.69) is 13.8 Å². The Hall–Kier alpha value is 0.474. The van der Waals surface area contributed by atoms with E-state index >= 15 is 0 Å². The third kappa shape index (κ3) is 59.6. The Balaban J connectivity index is -0.0000000480. The van der Waals surface area contributed by atoms with E-state index in [1.165, 1.54) is 6.42 Å². The van der Waals surface area contributed by atoms with Crippen molar-refractivity contribution in [2.75, 3.05) is 0 Å². The molecule has 0 fully saturated rings. The Morgan fingerprint density at radius 3 is 1.71 bits per heavy atom. The fraction of sp³-hybridized carbons (Fsp3) is 0.750. The van der Waals surface area contributed by atoms with Gasteiger partial charge in [-0.3, -0.25) is 0 Å². The molecule has 0 rings (SSSR count). The predicted octanol–water partition coefficient (Wildman–Crippen LogP) is 0.675. The molecular weight excluding hydrogens is 128 g/mol. The summed E-state index contributed by atoms with van der Waals surface area (Å²) in [6.45, 7) is 5.72. The molecule has 0 aliphatic carbocycles. The molecule has 3 heteroatoms. The van der Waals surface area contributed by atoms with Crippen molar-refractivity contribution in [3.63, 3.8) is 0 Å². The van der Waals surface area contributed by atoms with E-state index in [9.17, 15) is 0 Å². The van der Waals surface area contributed by atoms with Crippen LogP contribution in [0.2, 0.25) is 0 Å². The number of rotatable bonds is 1. The van der Waals surface area contributed by atoms with E-state index in [4.69, 9.17) is 3.32 Å². The minimum absolute atomic E-state index is 0. The van der Waals surface area contributed by atoms with E-state index in [1.807, 2.05) is 0 Å². The Labute approximate surface area is 56.3 Å². The van der Waals surface area contributed by atoms with Crippen molar-refractivity contribution in [2.24, 2.45) is 0 Å². The molecule has 0 bridgehead atoms. The van der Waals surface area contributed by atoms with Gasteiger partial charge in [-0.1, -0.05) is 13.3 Å². The summed E-state index contributed by atoms with van der Waals surface area (Å²) in [7, 11) is 0. The van der Waals surface area contributed by atoms with Gasteiger partial charge in [-0.25, -0.2) is 0 Å². The van der Waals surface area contributed by atoms with E-state index in [1.54, 1.807) is 0 Å². The monoisotopic (exact) mass is 139 g/mol. The van der Waals surface area contributed by atoms with Crippen LogP contribution < -0.4 is 0 Å². The summed E-state index contributed by atoms with van der Waals surface area (Å²) in [5.41, 5.74) is 0. The van der Waals surface area contributed by atoms with Gasteiger partial charge in [0.1, 0.15) is 0 Å². The molecule has 0 unspecified atom stereocenters. The molecule has 0 aliphatic heterocycles. The molecule has 0 spiro atoms. The fourth-order valence-electron chi connectivity index (χ4n) is 0. The van der Waals surface area contributed by atoms with Gasteiger partial charge in [0.2, 0.25) is 0 Å². The number of hydrogen-bond donors (Lipinski definition) is 0. The third-order valence-electron chi connectivity index (χ3n) is 0.354. The predicted molar refractivity (Wildman–Crippen MR) is 24.6 cm³/mol. The van der Waals surface area contributed by atoms with Crippen LogP contribution in [0.4, 0.5) is 0 Å². The third-order valence-corrected chi connectivity index (χ3v) is 0.354. The molecule has 43 valence electrons. The molecule has 2 N–H and O–H groups in total. The summed E-state index contributed by atoms with van der Waals surface area (Å²) in [6.07, 6.45) is 2.28. The average Bonchev–Trinajstić information content (AvgIpc) is 1.72. The van der Waals surface area contributed by atoms with Crippen molar-refractivity contribution in [1.82, 2.24) is 0 Å². The molecule has 0 aromatic heterocycles. The van der Waals surface area contributed by atoms with Gasteiger partial charge in [0.05, 0.1) is 0 Å². The Morgan fingerprint density at radius 1 is 1.57 bits per heavy atom. The Morgan fingerprint density at radius 2 is 1.71 bits per heavy atom. The van der Waals surface area contributed by atoms with Gasteiger partial charge in [-0.2, -0.15) is 6.42 Å². The van der Waals surface area contributed by atoms with Crippen LogP contribution in [0.15, 0.2) is 0 Å². The summed E-state index contributed by atoms with van der Waals surface area (Å²) in [4.78, 5) is 0. The summed E-state index contributed by atoms with van der Waals surface area (Å²) in [6, 6.07) is 0. The second-order valence-electron chi connectivity index (χ2n) is 0.854. The van der Waals surface area contributed by atoms with Crippen LogP contribution in [0.1, 0.15) is 19.8 Å². The topological polar surface area (TPSA) is 48.6 Å². The van der Waals surface area contributed by atoms with Gasteiger partial charge in [0.25, 0.3) is 0 Å². The van der Waals surface area contributed by atoms with Crippen LogP contribution >= 0.6 is 0 Å². The molecule has 0 radical (unpaired) electrons. The van der Waals surface area contributed by atoms with Crippen LogP contribution in [0.25, 0.3) is 0 Å². The molecule has 0 aromatic carbocycles. The van der Waals surface area contributed by atoms with Gasteiger partial charge in [-0.05, 0) is 0 Å². The molecular formula is C4H11O2Ti. The van der Waals surface area contributed by atoms with Gasteiger partial charge in [0.15, 0.2) is 0 Å². The molecule has 0 saturated carbocycles. The van der Waals surface area contributed by atoms with E-state index in [0.717, 1.165) is 26.8 Å². The van der Waals surface area contributed by atoms with E-state index < -0.39 is 0 Å². The molecule has 0 saturated heterocycles. The quantitative estimate of drug-likeness (QED) is 0.389. The first-order valence-corrected chi connectivity index (χ1v) is 2.55. The zero-order chi connectivity index (χ0) is 5.41. The molecule has 0 amide bonds.